The Hall–Kier alpha value is -4.77. The zero-order valence-corrected chi connectivity index (χ0v) is 23.3. The van der Waals surface area contributed by atoms with Crippen LogP contribution in [0.5, 0.6) is 23.0 Å². The van der Waals surface area contributed by atoms with E-state index < -0.39 is 17.5 Å². The van der Waals surface area contributed by atoms with E-state index in [0.29, 0.717) is 64.4 Å². The molecule has 11 nitrogen and oxygen atoms in total. The van der Waals surface area contributed by atoms with Crippen molar-refractivity contribution in [2.75, 3.05) is 26.1 Å². The highest BCUT2D eigenvalue weighted by atomic mass is 16.5. The molecule has 2 aliphatic rings. The van der Waals surface area contributed by atoms with E-state index in [-0.39, 0.29) is 29.7 Å². The molecule has 4 aromatic rings. The van der Waals surface area contributed by atoms with E-state index in [9.17, 15) is 19.5 Å². The summed E-state index contributed by atoms with van der Waals surface area (Å²) < 4.78 is 18.3. The average Bonchev–Trinajstić information content (AvgIpc) is 3.84. The quantitative estimate of drug-likeness (QED) is 0.301. The average molecular weight is 571 g/mol. The van der Waals surface area contributed by atoms with Crippen molar-refractivity contribution in [2.24, 2.45) is 5.92 Å². The van der Waals surface area contributed by atoms with Gasteiger partial charge in [-0.3, -0.25) is 19.4 Å². The largest absolute Gasteiger partial charge is 0.493 e. The SMILES string of the molecule is COc1cc2nccc(Oc3ccc(NC(=O)c4cc5c(n(C(CO)C6CC6)c4=O)CCCC5=O)nc3)c2cc1OC. The second-order valence-electron chi connectivity index (χ2n) is 10.4. The molecule has 2 aliphatic carbocycles. The topological polar surface area (TPSA) is 142 Å². The number of Topliss-reactive ketones (excluding diaryl/α,β-unsaturated/α-hetero) is 1. The third-order valence-electron chi connectivity index (χ3n) is 7.80. The first-order valence-electron chi connectivity index (χ1n) is 13.8. The molecule has 3 heterocycles. The molecule has 216 valence electrons. The van der Waals surface area contributed by atoms with E-state index in [1.165, 1.54) is 16.8 Å². The summed E-state index contributed by atoms with van der Waals surface area (Å²) in [5, 5.41) is 13.5. The number of fused-ring (bicyclic) bond motifs is 2. The molecule has 6 rings (SSSR count). The van der Waals surface area contributed by atoms with Gasteiger partial charge in [-0.05, 0) is 61.9 Å². The molecule has 42 heavy (non-hydrogen) atoms. The fourth-order valence-corrected chi connectivity index (χ4v) is 5.52. The summed E-state index contributed by atoms with van der Waals surface area (Å²) in [6.07, 6.45) is 6.40. The minimum Gasteiger partial charge on any atom is -0.493 e. The zero-order chi connectivity index (χ0) is 29.4. The molecule has 0 saturated heterocycles. The highest BCUT2D eigenvalue weighted by Crippen LogP contribution is 2.40. The van der Waals surface area contributed by atoms with E-state index >= 15 is 0 Å². The molecule has 0 spiro atoms. The number of benzene rings is 1. The molecule has 0 radical (unpaired) electrons. The van der Waals surface area contributed by atoms with Gasteiger partial charge in [-0.1, -0.05) is 0 Å². The van der Waals surface area contributed by atoms with E-state index in [2.05, 4.69) is 15.3 Å². The summed E-state index contributed by atoms with van der Waals surface area (Å²) in [5.74, 6) is 1.59. The number of carbonyl (C=O) groups excluding carboxylic acids is 2. The second kappa shape index (κ2) is 11.2. The maximum atomic E-state index is 13.6. The number of aromatic nitrogens is 3. The minimum absolute atomic E-state index is 0.106. The summed E-state index contributed by atoms with van der Waals surface area (Å²) in [5.41, 5.74) is 0.973. The number of ether oxygens (including phenoxy) is 3. The van der Waals surface area contributed by atoms with Gasteiger partial charge in [0.1, 0.15) is 22.9 Å². The van der Waals surface area contributed by atoms with Gasteiger partial charge in [0.2, 0.25) is 0 Å². The first-order chi connectivity index (χ1) is 20.4. The fourth-order valence-electron chi connectivity index (χ4n) is 5.52. The van der Waals surface area contributed by atoms with Crippen LogP contribution in [0.15, 0.2) is 53.6 Å². The van der Waals surface area contributed by atoms with Crippen LogP contribution in [0.1, 0.15) is 58.1 Å². The predicted octanol–water partition coefficient (Wildman–Crippen LogP) is 4.32. The van der Waals surface area contributed by atoms with Crippen molar-refractivity contribution in [3.8, 4) is 23.0 Å². The summed E-state index contributed by atoms with van der Waals surface area (Å²) in [6.45, 7) is -0.230. The van der Waals surface area contributed by atoms with Crippen molar-refractivity contribution in [3.63, 3.8) is 0 Å². The lowest BCUT2D eigenvalue weighted by molar-refractivity contribution is 0.0968. The van der Waals surface area contributed by atoms with Crippen LogP contribution in [0.4, 0.5) is 5.82 Å². The summed E-state index contributed by atoms with van der Waals surface area (Å²) >= 11 is 0. The first kappa shape index (κ1) is 27.4. The van der Waals surface area contributed by atoms with Crippen LogP contribution < -0.4 is 25.1 Å². The molecule has 0 aliphatic heterocycles. The number of nitrogens with zero attached hydrogens (tertiary/aromatic N) is 3. The monoisotopic (exact) mass is 570 g/mol. The second-order valence-corrected chi connectivity index (χ2v) is 10.4. The number of aliphatic hydroxyl groups excluding tert-OH is 1. The molecule has 1 atom stereocenters. The Labute approximate surface area is 241 Å². The zero-order valence-electron chi connectivity index (χ0n) is 23.3. The number of ketones is 1. The van der Waals surface area contributed by atoms with Crippen molar-refractivity contribution < 1.29 is 28.9 Å². The molecule has 1 amide bonds. The van der Waals surface area contributed by atoms with Crippen LogP contribution in [0.25, 0.3) is 10.9 Å². The molecular weight excluding hydrogens is 540 g/mol. The van der Waals surface area contributed by atoms with E-state index in [0.717, 1.165) is 12.8 Å². The number of anilines is 1. The smallest absolute Gasteiger partial charge is 0.264 e. The van der Waals surface area contributed by atoms with Gasteiger partial charge in [0.15, 0.2) is 17.3 Å². The first-order valence-corrected chi connectivity index (χ1v) is 13.8. The number of amides is 1. The lowest BCUT2D eigenvalue weighted by Gasteiger charge is -2.26. The van der Waals surface area contributed by atoms with Gasteiger partial charge in [0.25, 0.3) is 11.5 Å². The van der Waals surface area contributed by atoms with Crippen LogP contribution in [0, 0.1) is 5.92 Å². The van der Waals surface area contributed by atoms with E-state index in [1.807, 2.05) is 0 Å². The lowest BCUT2D eigenvalue weighted by atomic mass is 9.92. The Morgan fingerprint density at radius 3 is 2.52 bits per heavy atom. The highest BCUT2D eigenvalue weighted by molar-refractivity contribution is 6.06. The third-order valence-corrected chi connectivity index (χ3v) is 7.80. The normalized spacial score (nSPS) is 15.2. The van der Waals surface area contributed by atoms with Crippen molar-refractivity contribution in [3.05, 3.63) is 76.0 Å². The van der Waals surface area contributed by atoms with E-state index in [1.54, 1.807) is 50.7 Å². The third kappa shape index (κ3) is 5.07. The van der Waals surface area contributed by atoms with Gasteiger partial charge in [0, 0.05) is 35.3 Å². The van der Waals surface area contributed by atoms with Gasteiger partial charge >= 0.3 is 0 Å². The minimum atomic E-state index is -0.676. The molecule has 1 unspecified atom stereocenters. The molecule has 1 fully saturated rings. The maximum Gasteiger partial charge on any atom is 0.264 e. The molecule has 1 aromatic carbocycles. The van der Waals surface area contributed by atoms with Crippen molar-refractivity contribution in [1.29, 1.82) is 0 Å². The Bertz CT molecular complexity index is 1750. The molecule has 11 heteroatoms. The lowest BCUT2D eigenvalue weighted by Crippen LogP contribution is -2.38. The highest BCUT2D eigenvalue weighted by Gasteiger charge is 2.36. The van der Waals surface area contributed by atoms with Gasteiger partial charge in [0.05, 0.1) is 38.6 Å². The number of carbonyl (C=O) groups is 2. The Kier molecular flexibility index (Phi) is 7.34. The number of nitrogens with one attached hydrogen (secondary N) is 1. The Morgan fingerprint density at radius 1 is 1.05 bits per heavy atom. The van der Waals surface area contributed by atoms with Gasteiger partial charge in [-0.25, -0.2) is 4.98 Å². The molecule has 3 aromatic heterocycles. The molecular formula is C31H30N4O7. The molecule has 2 N–H and O–H groups in total. The van der Waals surface area contributed by atoms with Crippen molar-refractivity contribution in [2.45, 2.75) is 38.1 Å². The number of hydrogen-bond acceptors (Lipinski definition) is 9. The Morgan fingerprint density at radius 2 is 1.83 bits per heavy atom. The number of aliphatic hydroxyl groups is 1. The van der Waals surface area contributed by atoms with Crippen LogP contribution >= 0.6 is 0 Å². The summed E-state index contributed by atoms with van der Waals surface area (Å²) in [4.78, 5) is 48.3. The van der Waals surface area contributed by atoms with Crippen molar-refractivity contribution >= 4 is 28.4 Å². The number of pyridine rings is 3. The van der Waals surface area contributed by atoms with Crippen LogP contribution in [0.3, 0.4) is 0 Å². The molecule has 1 saturated carbocycles. The van der Waals surface area contributed by atoms with Gasteiger partial charge < -0.3 is 29.2 Å². The van der Waals surface area contributed by atoms with Gasteiger partial charge in [-0.2, -0.15) is 0 Å². The number of hydrogen-bond donors (Lipinski definition) is 2. The van der Waals surface area contributed by atoms with Crippen LogP contribution in [-0.2, 0) is 6.42 Å². The standard InChI is InChI=1S/C31H30N4O7/c1-40-27-13-19-22(14-28(27)41-2)32-11-10-26(19)42-18-8-9-29(33-15-18)34-30(38)21-12-20-23(4-3-5-25(20)37)35(31(21)39)24(16-36)17-6-7-17/h8-15,17,24,36H,3-7,16H2,1-2H3,(H,33,34,38). The number of methoxy groups -OCH3 is 2. The fraction of sp³-hybridized carbons (Fsp3) is 0.323. The van der Waals surface area contributed by atoms with Crippen LogP contribution in [-0.4, -0.2) is 52.2 Å². The summed E-state index contributed by atoms with van der Waals surface area (Å²) in [6, 6.07) is 9.38. The van der Waals surface area contributed by atoms with E-state index in [4.69, 9.17) is 14.2 Å². The predicted molar refractivity (Wildman–Crippen MR) is 154 cm³/mol. The summed E-state index contributed by atoms with van der Waals surface area (Å²) in [7, 11) is 3.10. The number of rotatable bonds is 9. The van der Waals surface area contributed by atoms with Gasteiger partial charge in [-0.15, -0.1) is 0 Å². The Balaban J connectivity index is 1.26. The van der Waals surface area contributed by atoms with Crippen molar-refractivity contribution in [1.82, 2.24) is 14.5 Å². The van der Waals surface area contributed by atoms with Crippen LogP contribution in [0.2, 0.25) is 0 Å². The maximum absolute atomic E-state index is 13.6. The molecule has 0 bridgehead atoms.